The molecule has 0 saturated heterocycles. The average molecular weight is 575 g/mol. The van der Waals surface area contributed by atoms with Crippen LogP contribution >= 0.6 is 35.4 Å². The van der Waals surface area contributed by atoms with Gasteiger partial charge in [-0.05, 0) is 42.5 Å². The first-order valence-electron chi connectivity index (χ1n) is 10.2. The smallest absolute Gasteiger partial charge is 0.335 e. The molecule has 0 aliphatic carbocycles. The van der Waals surface area contributed by atoms with Crippen molar-refractivity contribution in [3.63, 3.8) is 0 Å². The van der Waals surface area contributed by atoms with Gasteiger partial charge in [0.25, 0.3) is 0 Å². The molecule has 0 amide bonds. The van der Waals surface area contributed by atoms with Crippen molar-refractivity contribution in [3.8, 4) is 5.75 Å². The molecule has 0 bridgehead atoms. The van der Waals surface area contributed by atoms with Crippen molar-refractivity contribution in [2.45, 2.75) is 0 Å². The van der Waals surface area contributed by atoms with Crippen LogP contribution in [0.3, 0.4) is 0 Å². The Bertz CT molecular complexity index is 1560. The number of thiocarbonyl (C=S) groups is 1. The third-order valence-corrected chi connectivity index (χ3v) is 5.60. The van der Waals surface area contributed by atoms with Crippen molar-refractivity contribution in [1.29, 1.82) is 0 Å². The van der Waals surface area contributed by atoms with E-state index in [9.17, 15) is 29.3 Å². The summed E-state index contributed by atoms with van der Waals surface area (Å²) < 4.78 is 13.8. The van der Waals surface area contributed by atoms with E-state index in [0.29, 0.717) is 0 Å². The maximum absolute atomic E-state index is 13.8. The predicted molar refractivity (Wildman–Crippen MR) is 139 cm³/mol. The number of hydrogen-bond donors (Lipinski definition) is 3. The lowest BCUT2D eigenvalue weighted by atomic mass is 10.1. The fourth-order valence-electron chi connectivity index (χ4n) is 3.32. The molecule has 0 unspecified atom stereocenters. The molecule has 38 heavy (non-hydrogen) atoms. The Hall–Kier alpha value is -4.46. The number of anilines is 4. The molecule has 11 nitrogen and oxygen atoms in total. The lowest BCUT2D eigenvalue weighted by molar-refractivity contribution is 0.0696. The second kappa shape index (κ2) is 10.9. The fourth-order valence-corrected chi connectivity index (χ4v) is 4.00. The first-order chi connectivity index (χ1) is 18.0. The quantitative estimate of drug-likeness (QED) is 0.263. The van der Waals surface area contributed by atoms with Gasteiger partial charge in [0.05, 0.1) is 47.3 Å². The molecule has 0 aliphatic heterocycles. The van der Waals surface area contributed by atoms with E-state index in [1.807, 2.05) is 0 Å². The van der Waals surface area contributed by atoms with Gasteiger partial charge >= 0.3 is 11.9 Å². The zero-order valence-electron chi connectivity index (χ0n) is 18.7. The van der Waals surface area contributed by atoms with Gasteiger partial charge in [0.15, 0.2) is 16.7 Å². The Labute approximate surface area is 228 Å². The topological polar surface area (TPSA) is 153 Å². The van der Waals surface area contributed by atoms with Crippen molar-refractivity contribution in [1.82, 2.24) is 19.9 Å². The summed E-state index contributed by atoms with van der Waals surface area (Å²) in [6.45, 7) is 0. The van der Waals surface area contributed by atoms with E-state index in [-0.39, 0.29) is 49.6 Å². The molecule has 15 heteroatoms. The summed E-state index contributed by atoms with van der Waals surface area (Å²) in [6, 6.07) is 6.36. The van der Waals surface area contributed by atoms with Gasteiger partial charge < -0.3 is 15.3 Å². The van der Waals surface area contributed by atoms with Crippen molar-refractivity contribution < 1.29 is 29.3 Å². The summed E-state index contributed by atoms with van der Waals surface area (Å²) in [5, 5.41) is 29.4. The number of phenolic OH excluding ortho intramolecular Hbond substituents is 1. The minimum atomic E-state index is -1.41. The first-order valence-corrected chi connectivity index (χ1v) is 11.4. The van der Waals surface area contributed by atoms with Crippen LogP contribution in [0.15, 0.2) is 61.2 Å². The number of nitrogens with zero attached hydrogens (tertiary/aromatic N) is 6. The maximum Gasteiger partial charge on any atom is 0.335 e. The van der Waals surface area contributed by atoms with Gasteiger partial charge in [-0.3, -0.25) is 19.8 Å². The van der Waals surface area contributed by atoms with Crippen molar-refractivity contribution in [2.75, 3.05) is 9.80 Å². The van der Waals surface area contributed by atoms with Gasteiger partial charge in [0.2, 0.25) is 0 Å². The SMILES string of the molecule is O=C(O)c1cc(C(=O)O)cc(N(C(=S)N(c2cncc(Cl)n2)c2ccc(F)cc2O)c2cncc(Cl)n2)c1. The standard InChI is InChI=1S/C23H13Cl2FN6O5S/c24-17-7-27-9-19(29-17)31(14-4-11(21(34)35)3-12(5-14)22(36)37)23(38)32(20-10-28-8-18(25)30-20)15-2-1-13(26)6-16(15)33/h1-10,33H,(H,34,35)(H,36,37). The van der Waals surface area contributed by atoms with E-state index in [1.165, 1.54) is 30.9 Å². The van der Waals surface area contributed by atoms with Crippen molar-refractivity contribution in [2.24, 2.45) is 0 Å². The van der Waals surface area contributed by atoms with E-state index < -0.39 is 23.5 Å². The van der Waals surface area contributed by atoms with Crippen LogP contribution in [-0.4, -0.2) is 52.3 Å². The Kier molecular flexibility index (Phi) is 7.62. The number of aromatic hydroxyl groups is 1. The summed E-state index contributed by atoms with van der Waals surface area (Å²) in [5.74, 6) is -4.19. The van der Waals surface area contributed by atoms with E-state index in [1.54, 1.807) is 0 Å². The summed E-state index contributed by atoms with van der Waals surface area (Å²) in [4.78, 5) is 42.2. The highest BCUT2D eigenvalue weighted by molar-refractivity contribution is 7.80. The predicted octanol–water partition coefficient (Wildman–Crippen LogP) is 5.08. The number of phenols is 1. The number of carboxylic acid groups (broad SMARTS) is 2. The molecule has 2 aromatic heterocycles. The largest absolute Gasteiger partial charge is 0.506 e. The molecule has 4 rings (SSSR count). The Balaban J connectivity index is 2.01. The highest BCUT2D eigenvalue weighted by Crippen LogP contribution is 2.37. The second-order valence-corrected chi connectivity index (χ2v) is 8.50. The number of aromatic nitrogens is 4. The Morgan fingerprint density at radius 3 is 1.82 bits per heavy atom. The van der Waals surface area contributed by atoms with Gasteiger partial charge in [0, 0.05) is 6.07 Å². The van der Waals surface area contributed by atoms with Crippen LogP contribution in [0.25, 0.3) is 0 Å². The maximum atomic E-state index is 13.8. The van der Waals surface area contributed by atoms with E-state index in [4.69, 9.17) is 35.4 Å². The molecule has 4 aromatic rings. The molecule has 0 radical (unpaired) electrons. The number of carbonyl (C=O) groups is 2. The minimum Gasteiger partial charge on any atom is -0.506 e. The molecule has 0 spiro atoms. The number of aromatic carboxylic acids is 2. The zero-order valence-corrected chi connectivity index (χ0v) is 21.0. The highest BCUT2D eigenvalue weighted by Gasteiger charge is 2.29. The molecule has 2 aromatic carbocycles. The van der Waals surface area contributed by atoms with Crippen LogP contribution in [0.5, 0.6) is 5.75 Å². The third-order valence-electron chi connectivity index (χ3n) is 4.87. The highest BCUT2D eigenvalue weighted by atomic mass is 35.5. The summed E-state index contributed by atoms with van der Waals surface area (Å²) in [5.41, 5.74) is -0.880. The molecule has 0 fully saturated rings. The molecular weight excluding hydrogens is 562 g/mol. The second-order valence-electron chi connectivity index (χ2n) is 7.37. The van der Waals surface area contributed by atoms with Crippen LogP contribution in [-0.2, 0) is 0 Å². The van der Waals surface area contributed by atoms with Crippen LogP contribution in [0.1, 0.15) is 20.7 Å². The number of carboxylic acids is 2. The van der Waals surface area contributed by atoms with Crippen LogP contribution in [0, 0.1) is 5.82 Å². The Morgan fingerprint density at radius 1 is 0.816 bits per heavy atom. The molecule has 2 heterocycles. The van der Waals surface area contributed by atoms with Gasteiger partial charge in [0.1, 0.15) is 21.9 Å². The van der Waals surface area contributed by atoms with Crippen LogP contribution < -0.4 is 9.80 Å². The molecule has 3 N–H and O–H groups in total. The fraction of sp³-hybridized carbons (Fsp3) is 0. The minimum absolute atomic E-state index is 0.0303. The molecule has 192 valence electrons. The molecular formula is C23H13Cl2FN6O5S. The molecule has 0 aliphatic rings. The van der Waals surface area contributed by atoms with E-state index in [0.717, 1.165) is 40.1 Å². The number of benzene rings is 2. The van der Waals surface area contributed by atoms with Gasteiger partial charge in [-0.25, -0.2) is 23.9 Å². The monoisotopic (exact) mass is 574 g/mol. The summed E-state index contributed by atoms with van der Waals surface area (Å²) >= 11 is 17.8. The molecule has 0 atom stereocenters. The van der Waals surface area contributed by atoms with Gasteiger partial charge in [-0.1, -0.05) is 23.2 Å². The van der Waals surface area contributed by atoms with E-state index in [2.05, 4.69) is 19.9 Å². The third kappa shape index (κ3) is 5.59. The van der Waals surface area contributed by atoms with Crippen LogP contribution in [0.4, 0.5) is 27.4 Å². The lowest BCUT2D eigenvalue weighted by Crippen LogP contribution is -2.39. The number of hydrogen-bond acceptors (Lipinski definition) is 8. The van der Waals surface area contributed by atoms with Crippen molar-refractivity contribution >= 4 is 75.5 Å². The first kappa shape index (κ1) is 26.6. The molecule has 0 saturated carbocycles. The van der Waals surface area contributed by atoms with Crippen LogP contribution in [0.2, 0.25) is 10.3 Å². The number of rotatable bonds is 6. The summed E-state index contributed by atoms with van der Waals surface area (Å²) in [6.07, 6.45) is 4.96. The lowest BCUT2D eigenvalue weighted by Gasteiger charge is -2.32. The van der Waals surface area contributed by atoms with Gasteiger partial charge in [-0.2, -0.15) is 0 Å². The van der Waals surface area contributed by atoms with Crippen molar-refractivity contribution in [3.05, 3.63) is 88.4 Å². The zero-order chi connectivity index (χ0) is 27.6. The van der Waals surface area contributed by atoms with E-state index >= 15 is 0 Å². The number of halogens is 3. The summed E-state index contributed by atoms with van der Waals surface area (Å²) in [7, 11) is 0. The van der Waals surface area contributed by atoms with Gasteiger partial charge in [-0.15, -0.1) is 0 Å². The Morgan fingerprint density at radius 2 is 1.34 bits per heavy atom. The average Bonchev–Trinajstić information content (AvgIpc) is 2.85. The normalized spacial score (nSPS) is 10.6.